The summed E-state index contributed by atoms with van der Waals surface area (Å²) in [6, 6.07) is 4.66. The topological polar surface area (TPSA) is 70.0 Å². The van der Waals surface area contributed by atoms with Gasteiger partial charge in [0, 0.05) is 19.6 Å². The number of aliphatic carboxylic acids is 1. The van der Waals surface area contributed by atoms with Gasteiger partial charge in [0.2, 0.25) is 0 Å². The molecule has 1 aromatic rings. The average Bonchev–Trinajstić information content (AvgIpc) is 2.43. The van der Waals surface area contributed by atoms with Crippen LogP contribution in [-0.4, -0.2) is 46.9 Å². The van der Waals surface area contributed by atoms with E-state index in [1.54, 1.807) is 12.1 Å². The second-order valence-electron chi connectivity index (χ2n) is 5.08. The molecule has 2 N–H and O–H groups in total. The summed E-state index contributed by atoms with van der Waals surface area (Å²) in [5.74, 6) is -1.38. The van der Waals surface area contributed by atoms with E-state index >= 15 is 0 Å². The number of likely N-dealkylation sites (tertiary alicyclic amines) is 1. The van der Waals surface area contributed by atoms with Gasteiger partial charge in [-0.1, -0.05) is 6.07 Å². The summed E-state index contributed by atoms with van der Waals surface area (Å²) in [6.07, 6.45) is 0.390. The third kappa shape index (κ3) is 3.08. The zero-order chi connectivity index (χ0) is 14.8. The number of carbonyl (C=O) groups is 1. The highest BCUT2D eigenvalue weighted by atomic mass is 19.1. The van der Waals surface area contributed by atoms with Gasteiger partial charge in [-0.25, -0.2) is 9.18 Å². The van der Waals surface area contributed by atoms with Crippen LogP contribution in [0.15, 0.2) is 18.2 Å². The van der Waals surface area contributed by atoms with Gasteiger partial charge >= 0.3 is 5.97 Å². The van der Waals surface area contributed by atoms with Crippen molar-refractivity contribution in [2.45, 2.75) is 25.0 Å². The summed E-state index contributed by atoms with van der Waals surface area (Å²) >= 11 is 0. The molecule has 1 aliphatic rings. The van der Waals surface area contributed by atoms with E-state index in [0.29, 0.717) is 19.6 Å². The van der Waals surface area contributed by atoms with Crippen molar-refractivity contribution in [1.29, 1.82) is 0 Å². The molecule has 1 aromatic carbocycles. The van der Waals surface area contributed by atoms with Gasteiger partial charge in [0.05, 0.1) is 7.11 Å². The van der Waals surface area contributed by atoms with Crippen LogP contribution >= 0.6 is 0 Å². The summed E-state index contributed by atoms with van der Waals surface area (Å²) < 4.78 is 18.2. The number of halogens is 1. The van der Waals surface area contributed by atoms with Crippen LogP contribution in [0.1, 0.15) is 18.4 Å². The van der Waals surface area contributed by atoms with Gasteiger partial charge in [0.25, 0.3) is 0 Å². The van der Waals surface area contributed by atoms with Crippen LogP contribution in [0.4, 0.5) is 4.39 Å². The first-order valence-corrected chi connectivity index (χ1v) is 6.45. The van der Waals surface area contributed by atoms with Crippen molar-refractivity contribution in [3.8, 4) is 5.75 Å². The molecule has 0 atom stereocenters. The number of ether oxygens (including phenoxy) is 1. The minimum absolute atomic E-state index is 0.195. The molecule has 0 unspecified atom stereocenters. The van der Waals surface area contributed by atoms with Crippen LogP contribution in [0.25, 0.3) is 0 Å². The van der Waals surface area contributed by atoms with Crippen molar-refractivity contribution < 1.29 is 24.1 Å². The molecule has 1 fully saturated rings. The molecule has 0 aliphatic carbocycles. The molecule has 110 valence electrons. The Labute approximate surface area is 116 Å². The number of hydrogen-bond donors (Lipinski definition) is 2. The minimum atomic E-state index is -1.61. The SMILES string of the molecule is COc1cc(CN2CCC(O)(C(=O)O)CC2)ccc1F. The molecule has 0 spiro atoms. The van der Waals surface area contributed by atoms with Crippen LogP contribution < -0.4 is 4.74 Å². The quantitative estimate of drug-likeness (QED) is 0.870. The molecule has 1 saturated heterocycles. The molecule has 1 heterocycles. The van der Waals surface area contributed by atoms with Gasteiger partial charge in [-0.15, -0.1) is 0 Å². The number of benzene rings is 1. The van der Waals surface area contributed by atoms with Crippen molar-refractivity contribution in [2.75, 3.05) is 20.2 Å². The molecule has 0 bridgehead atoms. The third-order valence-electron chi connectivity index (χ3n) is 3.70. The van der Waals surface area contributed by atoms with E-state index < -0.39 is 17.4 Å². The van der Waals surface area contributed by atoms with Gasteiger partial charge in [-0.2, -0.15) is 0 Å². The Bertz CT molecular complexity index is 498. The van der Waals surface area contributed by atoms with E-state index in [9.17, 15) is 14.3 Å². The molecular formula is C14H18FNO4. The first kappa shape index (κ1) is 14.7. The second-order valence-corrected chi connectivity index (χ2v) is 5.08. The number of carboxylic acids is 1. The maximum atomic E-state index is 13.3. The normalized spacial score (nSPS) is 18.8. The first-order chi connectivity index (χ1) is 9.44. The fraction of sp³-hybridized carbons (Fsp3) is 0.500. The Kier molecular flexibility index (Phi) is 4.25. The van der Waals surface area contributed by atoms with Crippen molar-refractivity contribution >= 4 is 5.97 Å². The smallest absolute Gasteiger partial charge is 0.335 e. The molecule has 0 saturated carbocycles. The number of hydrogen-bond acceptors (Lipinski definition) is 4. The highest BCUT2D eigenvalue weighted by Crippen LogP contribution is 2.25. The summed E-state index contributed by atoms with van der Waals surface area (Å²) in [6.45, 7) is 1.55. The van der Waals surface area contributed by atoms with Crippen molar-refractivity contribution in [1.82, 2.24) is 4.90 Å². The number of carboxylic acid groups (broad SMARTS) is 1. The molecule has 0 aromatic heterocycles. The third-order valence-corrected chi connectivity index (χ3v) is 3.70. The van der Waals surface area contributed by atoms with Crippen LogP contribution in [0, 0.1) is 5.82 Å². The first-order valence-electron chi connectivity index (χ1n) is 6.45. The molecule has 2 rings (SSSR count). The predicted molar refractivity (Wildman–Crippen MR) is 70.0 cm³/mol. The minimum Gasteiger partial charge on any atom is -0.494 e. The second kappa shape index (κ2) is 5.76. The van der Waals surface area contributed by atoms with E-state index in [4.69, 9.17) is 9.84 Å². The molecule has 5 nitrogen and oxygen atoms in total. The summed E-state index contributed by atoms with van der Waals surface area (Å²) in [4.78, 5) is 13.0. The molecule has 20 heavy (non-hydrogen) atoms. The fourth-order valence-electron chi connectivity index (χ4n) is 2.36. The largest absolute Gasteiger partial charge is 0.494 e. The van der Waals surface area contributed by atoms with Crippen molar-refractivity contribution in [2.24, 2.45) is 0 Å². The van der Waals surface area contributed by atoms with E-state index in [1.165, 1.54) is 13.2 Å². The standard InChI is InChI=1S/C14H18FNO4/c1-20-12-8-10(2-3-11(12)15)9-16-6-4-14(19,5-7-16)13(17)18/h2-3,8,19H,4-7,9H2,1H3,(H,17,18). The molecule has 6 heteroatoms. The van der Waals surface area contributed by atoms with Crippen LogP contribution in [0.2, 0.25) is 0 Å². The van der Waals surface area contributed by atoms with E-state index in [2.05, 4.69) is 0 Å². The van der Waals surface area contributed by atoms with Crippen LogP contribution in [0.5, 0.6) is 5.75 Å². The zero-order valence-corrected chi connectivity index (χ0v) is 11.3. The summed E-state index contributed by atoms with van der Waals surface area (Å²) in [7, 11) is 1.41. The van der Waals surface area contributed by atoms with Crippen LogP contribution in [0.3, 0.4) is 0 Å². The van der Waals surface area contributed by atoms with E-state index in [0.717, 1.165) is 5.56 Å². The van der Waals surface area contributed by atoms with Gasteiger partial charge < -0.3 is 14.9 Å². The van der Waals surface area contributed by atoms with E-state index in [1.807, 2.05) is 4.90 Å². The van der Waals surface area contributed by atoms with Crippen molar-refractivity contribution in [3.05, 3.63) is 29.6 Å². The molecular weight excluding hydrogens is 265 g/mol. The number of piperidine rings is 1. The highest BCUT2D eigenvalue weighted by molar-refractivity contribution is 5.77. The number of aliphatic hydroxyl groups is 1. The Hall–Kier alpha value is -1.66. The zero-order valence-electron chi connectivity index (χ0n) is 11.3. The Morgan fingerprint density at radius 1 is 1.45 bits per heavy atom. The van der Waals surface area contributed by atoms with Gasteiger partial charge in [0.15, 0.2) is 17.2 Å². The summed E-state index contributed by atoms with van der Waals surface area (Å²) in [5, 5.41) is 18.8. The predicted octanol–water partition coefficient (Wildman–Crippen LogP) is 1.25. The number of rotatable bonds is 4. The Morgan fingerprint density at radius 3 is 2.65 bits per heavy atom. The number of methoxy groups -OCH3 is 1. The van der Waals surface area contributed by atoms with Crippen molar-refractivity contribution in [3.63, 3.8) is 0 Å². The average molecular weight is 283 g/mol. The van der Waals surface area contributed by atoms with Crippen LogP contribution in [-0.2, 0) is 11.3 Å². The van der Waals surface area contributed by atoms with Gasteiger partial charge in [0.1, 0.15) is 0 Å². The molecule has 0 amide bonds. The van der Waals surface area contributed by atoms with Gasteiger partial charge in [-0.3, -0.25) is 4.90 Å². The van der Waals surface area contributed by atoms with E-state index in [-0.39, 0.29) is 18.6 Å². The maximum absolute atomic E-state index is 13.3. The lowest BCUT2D eigenvalue weighted by Gasteiger charge is -2.35. The molecule has 1 aliphatic heterocycles. The Balaban J connectivity index is 1.97. The lowest BCUT2D eigenvalue weighted by atomic mass is 9.91. The monoisotopic (exact) mass is 283 g/mol. The highest BCUT2D eigenvalue weighted by Gasteiger charge is 2.39. The number of nitrogens with zero attached hydrogens (tertiary/aromatic N) is 1. The molecule has 0 radical (unpaired) electrons. The Morgan fingerprint density at radius 2 is 2.10 bits per heavy atom. The summed E-state index contributed by atoms with van der Waals surface area (Å²) in [5.41, 5.74) is -0.721. The van der Waals surface area contributed by atoms with Gasteiger partial charge in [-0.05, 0) is 30.5 Å². The lowest BCUT2D eigenvalue weighted by molar-refractivity contribution is -0.163. The lowest BCUT2D eigenvalue weighted by Crippen LogP contribution is -2.49. The maximum Gasteiger partial charge on any atom is 0.335 e. The fourth-order valence-corrected chi connectivity index (χ4v) is 2.36.